The van der Waals surface area contributed by atoms with Gasteiger partial charge in [0.05, 0.1) is 13.5 Å². The van der Waals surface area contributed by atoms with Crippen molar-refractivity contribution in [2.75, 3.05) is 7.11 Å². The molecule has 0 aliphatic heterocycles. The average Bonchev–Trinajstić information content (AvgIpc) is 3.00. The number of nitrogens with one attached hydrogen (secondary N) is 1. The third kappa shape index (κ3) is 4.42. The molecule has 2 rings (SSSR count). The van der Waals surface area contributed by atoms with Crippen molar-refractivity contribution < 1.29 is 9.53 Å². The molecule has 0 aromatic carbocycles. The molecule has 0 aliphatic rings. The number of hydrogen-bond acceptors (Lipinski definition) is 5. The van der Waals surface area contributed by atoms with Crippen molar-refractivity contribution in [3.8, 4) is 0 Å². The van der Waals surface area contributed by atoms with Gasteiger partial charge in [0.25, 0.3) is 0 Å². The van der Waals surface area contributed by atoms with Crippen LogP contribution in [0.5, 0.6) is 0 Å². The minimum atomic E-state index is -0.191. The predicted molar refractivity (Wildman–Crippen MR) is 82.6 cm³/mol. The molecule has 0 spiro atoms. The van der Waals surface area contributed by atoms with Crippen LogP contribution in [0, 0.1) is 0 Å². The molecular weight excluding hydrogens is 346 g/mol. The van der Waals surface area contributed by atoms with Gasteiger partial charge in [0.15, 0.2) is 0 Å². The summed E-state index contributed by atoms with van der Waals surface area (Å²) in [7, 11) is 1.41. The Morgan fingerprint density at radius 3 is 2.79 bits per heavy atom. The van der Waals surface area contributed by atoms with Gasteiger partial charge in [0.2, 0.25) is 0 Å². The van der Waals surface area contributed by atoms with Gasteiger partial charge in [-0.15, -0.1) is 22.7 Å². The van der Waals surface area contributed by atoms with Crippen LogP contribution in [0.1, 0.15) is 14.6 Å². The number of ether oxygens (including phenoxy) is 1. The zero-order valence-corrected chi connectivity index (χ0v) is 13.7. The lowest BCUT2D eigenvalue weighted by molar-refractivity contribution is -0.139. The fourth-order valence-corrected chi connectivity index (χ4v) is 4.01. The van der Waals surface area contributed by atoms with Crippen molar-refractivity contribution in [2.45, 2.75) is 19.5 Å². The number of methoxy groups -OCH3 is 1. The van der Waals surface area contributed by atoms with Gasteiger partial charge >= 0.3 is 5.97 Å². The average molecular weight is 360 g/mol. The van der Waals surface area contributed by atoms with Gasteiger partial charge in [-0.25, -0.2) is 0 Å². The van der Waals surface area contributed by atoms with E-state index in [1.54, 1.807) is 22.7 Å². The number of rotatable bonds is 6. The number of carbonyl (C=O) groups excluding carboxylic acids is 1. The molecule has 0 fully saturated rings. The van der Waals surface area contributed by atoms with Gasteiger partial charge in [-0.05, 0) is 39.5 Å². The number of esters is 1. The van der Waals surface area contributed by atoms with E-state index in [9.17, 15) is 4.79 Å². The second-order valence-corrected chi connectivity index (χ2v) is 7.02. The number of halogens is 1. The number of carbonyl (C=O) groups is 1. The summed E-state index contributed by atoms with van der Waals surface area (Å²) in [6, 6.07) is 6.10. The molecule has 2 aromatic heterocycles. The van der Waals surface area contributed by atoms with E-state index < -0.39 is 0 Å². The zero-order valence-electron chi connectivity index (χ0n) is 10.4. The second-order valence-electron chi connectivity index (χ2n) is 3.92. The summed E-state index contributed by atoms with van der Waals surface area (Å²) >= 11 is 6.89. The van der Waals surface area contributed by atoms with Gasteiger partial charge in [0.1, 0.15) is 0 Å². The van der Waals surface area contributed by atoms with Gasteiger partial charge in [-0.3, -0.25) is 4.79 Å². The van der Waals surface area contributed by atoms with Crippen LogP contribution in [0.15, 0.2) is 28.1 Å². The molecular formula is C13H14BrNO2S2. The lowest BCUT2D eigenvalue weighted by Crippen LogP contribution is -2.10. The minimum Gasteiger partial charge on any atom is -0.469 e. The highest BCUT2D eigenvalue weighted by Crippen LogP contribution is 2.23. The Labute approximate surface area is 128 Å². The summed E-state index contributed by atoms with van der Waals surface area (Å²) in [4.78, 5) is 14.7. The maximum Gasteiger partial charge on any atom is 0.310 e. The Morgan fingerprint density at radius 1 is 1.32 bits per heavy atom. The molecule has 2 aromatic rings. The predicted octanol–water partition coefficient (Wildman–Crippen LogP) is 3.58. The first-order valence-electron chi connectivity index (χ1n) is 5.76. The molecule has 6 heteroatoms. The minimum absolute atomic E-state index is 0.191. The molecule has 0 saturated carbocycles. The van der Waals surface area contributed by atoms with Crippen LogP contribution < -0.4 is 5.32 Å². The first kappa shape index (κ1) is 14.7. The molecule has 0 amide bonds. The van der Waals surface area contributed by atoms with Gasteiger partial charge in [-0.1, -0.05) is 0 Å². The smallest absolute Gasteiger partial charge is 0.310 e. The second kappa shape index (κ2) is 7.19. The Morgan fingerprint density at radius 2 is 2.11 bits per heavy atom. The van der Waals surface area contributed by atoms with Crippen molar-refractivity contribution in [3.05, 3.63) is 42.7 Å². The normalized spacial score (nSPS) is 10.6. The summed E-state index contributed by atoms with van der Waals surface area (Å²) in [5.74, 6) is -0.191. The molecule has 3 nitrogen and oxygen atoms in total. The lowest BCUT2D eigenvalue weighted by Gasteiger charge is -2.01. The van der Waals surface area contributed by atoms with E-state index in [1.807, 2.05) is 6.07 Å². The van der Waals surface area contributed by atoms with Gasteiger partial charge in [-0.2, -0.15) is 0 Å². The first-order chi connectivity index (χ1) is 9.19. The van der Waals surface area contributed by atoms with E-state index in [0.29, 0.717) is 6.42 Å². The fourth-order valence-electron chi connectivity index (χ4n) is 1.58. The molecule has 0 unspecified atom stereocenters. The Balaban J connectivity index is 1.80. The van der Waals surface area contributed by atoms with Crippen molar-refractivity contribution in [2.24, 2.45) is 0 Å². The Bertz CT molecular complexity index is 550. The van der Waals surface area contributed by atoms with Gasteiger partial charge in [0, 0.05) is 32.2 Å². The maximum atomic E-state index is 11.2. The highest BCUT2D eigenvalue weighted by molar-refractivity contribution is 9.10. The molecule has 102 valence electrons. The van der Waals surface area contributed by atoms with Crippen molar-refractivity contribution in [1.29, 1.82) is 0 Å². The van der Waals surface area contributed by atoms with Crippen LogP contribution in [0.3, 0.4) is 0 Å². The monoisotopic (exact) mass is 359 g/mol. The van der Waals surface area contributed by atoms with E-state index in [2.05, 4.69) is 43.5 Å². The van der Waals surface area contributed by atoms with E-state index >= 15 is 0 Å². The van der Waals surface area contributed by atoms with Crippen LogP contribution in [-0.2, 0) is 29.0 Å². The van der Waals surface area contributed by atoms with E-state index in [0.717, 1.165) is 22.4 Å². The first-order valence-corrected chi connectivity index (χ1v) is 8.25. The quantitative estimate of drug-likeness (QED) is 0.801. The summed E-state index contributed by atoms with van der Waals surface area (Å²) in [6.45, 7) is 1.67. The molecule has 0 bridgehead atoms. The largest absolute Gasteiger partial charge is 0.469 e. The summed E-state index contributed by atoms with van der Waals surface area (Å²) in [5.41, 5.74) is 0. The topological polar surface area (TPSA) is 38.3 Å². The lowest BCUT2D eigenvalue weighted by atomic mass is 10.3. The van der Waals surface area contributed by atoms with Crippen LogP contribution in [-0.4, -0.2) is 13.1 Å². The highest BCUT2D eigenvalue weighted by Gasteiger charge is 2.06. The third-order valence-corrected chi connectivity index (χ3v) is 5.55. The molecule has 0 radical (unpaired) electrons. The van der Waals surface area contributed by atoms with Crippen LogP contribution in [0.2, 0.25) is 0 Å². The Kier molecular flexibility index (Phi) is 5.57. The fraction of sp³-hybridized carbons (Fsp3) is 0.308. The standard InChI is InChI=1S/C13H14BrNO2S2/c1-17-13(16)6-9-2-3-10(19-9)7-15-8-12-11(14)4-5-18-12/h2-5,15H,6-8H2,1H3. The Hall–Kier alpha value is -0.690. The molecule has 0 saturated heterocycles. The van der Waals surface area contributed by atoms with Crippen molar-refractivity contribution in [3.63, 3.8) is 0 Å². The van der Waals surface area contributed by atoms with Crippen LogP contribution in [0.25, 0.3) is 0 Å². The summed E-state index contributed by atoms with van der Waals surface area (Å²) in [6.07, 6.45) is 0.359. The maximum absolute atomic E-state index is 11.2. The molecule has 2 heterocycles. The molecule has 0 atom stereocenters. The summed E-state index contributed by atoms with van der Waals surface area (Å²) in [5, 5.41) is 5.47. The molecule has 19 heavy (non-hydrogen) atoms. The van der Waals surface area contributed by atoms with E-state index in [4.69, 9.17) is 0 Å². The van der Waals surface area contributed by atoms with E-state index in [1.165, 1.54) is 16.9 Å². The molecule has 1 N–H and O–H groups in total. The molecule has 0 aliphatic carbocycles. The van der Waals surface area contributed by atoms with Crippen LogP contribution in [0.4, 0.5) is 0 Å². The number of hydrogen-bond donors (Lipinski definition) is 1. The highest BCUT2D eigenvalue weighted by atomic mass is 79.9. The zero-order chi connectivity index (χ0) is 13.7. The van der Waals surface area contributed by atoms with E-state index in [-0.39, 0.29) is 5.97 Å². The SMILES string of the molecule is COC(=O)Cc1ccc(CNCc2sccc2Br)s1. The number of thiophene rings is 2. The van der Waals surface area contributed by atoms with Crippen molar-refractivity contribution in [1.82, 2.24) is 5.32 Å². The van der Waals surface area contributed by atoms with Crippen LogP contribution >= 0.6 is 38.6 Å². The third-order valence-electron chi connectivity index (χ3n) is 2.54. The van der Waals surface area contributed by atoms with Gasteiger partial charge < -0.3 is 10.1 Å². The summed E-state index contributed by atoms with van der Waals surface area (Å²) < 4.78 is 5.81. The van der Waals surface area contributed by atoms with Crippen molar-refractivity contribution >= 4 is 44.6 Å².